The third-order valence-corrected chi connectivity index (χ3v) is 18.3. The molecule has 0 aromatic heterocycles. The molecule has 7 rings (SSSR count). The Kier molecular flexibility index (Phi) is 11.4. The Morgan fingerprint density at radius 3 is 2.15 bits per heavy atom. The van der Waals surface area contributed by atoms with Gasteiger partial charge in [-0.25, -0.2) is 0 Å². The summed E-state index contributed by atoms with van der Waals surface area (Å²) in [4.78, 5) is 53.0. The van der Waals surface area contributed by atoms with Crippen molar-refractivity contribution in [3.63, 3.8) is 0 Å². The van der Waals surface area contributed by atoms with Crippen LogP contribution >= 0.6 is 0 Å². The highest BCUT2D eigenvalue weighted by Crippen LogP contribution is 2.77. The second kappa shape index (κ2) is 15.3. The minimum atomic E-state index is -0.902. The summed E-state index contributed by atoms with van der Waals surface area (Å²) in [5.74, 6) is -0.495. The van der Waals surface area contributed by atoms with Crippen molar-refractivity contribution in [2.45, 2.75) is 139 Å². The van der Waals surface area contributed by atoms with E-state index in [2.05, 4.69) is 53.8 Å². The van der Waals surface area contributed by atoms with Crippen molar-refractivity contribution >= 4 is 23.6 Å². The van der Waals surface area contributed by atoms with Crippen LogP contribution in [0.1, 0.15) is 137 Å². The Morgan fingerprint density at radius 1 is 0.831 bits per heavy atom. The molecular weight excluding hydrogens is 747 g/mol. The summed E-state index contributed by atoms with van der Waals surface area (Å²) >= 11 is 0. The average Bonchev–Trinajstić information content (AvgIpc) is 3.48. The molecule has 11 atom stereocenters. The van der Waals surface area contributed by atoms with Crippen LogP contribution in [0, 0.1) is 68.0 Å². The molecule has 1 aromatic rings. The van der Waals surface area contributed by atoms with Gasteiger partial charge in [-0.15, -0.1) is 0 Å². The topological polar surface area (TPSA) is 148 Å². The molecule has 0 radical (unpaired) electrons. The number of ether oxygens (including phenoxy) is 3. The van der Waals surface area contributed by atoms with Crippen LogP contribution in [0.25, 0.3) is 0 Å². The fourth-order valence-corrected chi connectivity index (χ4v) is 14.7. The van der Waals surface area contributed by atoms with Gasteiger partial charge in [0.2, 0.25) is 0 Å². The van der Waals surface area contributed by atoms with Crippen LogP contribution in [0.3, 0.4) is 0 Å². The number of hydrogen-bond donors (Lipinski definition) is 3. The highest BCUT2D eigenvalue weighted by Gasteiger charge is 2.71. The first-order valence-corrected chi connectivity index (χ1v) is 22.5. The summed E-state index contributed by atoms with van der Waals surface area (Å²) < 4.78 is 17.1. The molecule has 6 aliphatic rings. The molecule has 6 aliphatic carbocycles. The Hall–Kier alpha value is -3.24. The molecule has 0 saturated heterocycles. The Bertz CT molecular complexity index is 1870. The maximum atomic E-state index is 14.1. The number of Topliss-reactive ketones (excluding diaryl/α,β-unsaturated/α-hetero) is 1. The highest BCUT2D eigenvalue weighted by atomic mass is 16.5. The van der Waals surface area contributed by atoms with Crippen LogP contribution in [0.4, 0.5) is 0 Å². The lowest BCUT2D eigenvalue weighted by molar-refractivity contribution is -0.238. The largest absolute Gasteiger partial charge is 0.491 e. The highest BCUT2D eigenvalue weighted by molar-refractivity contribution is 6.01. The maximum absolute atomic E-state index is 14.1. The monoisotopic (exact) mass is 818 g/mol. The second-order valence-electron chi connectivity index (χ2n) is 21.7. The number of aliphatic carboxylic acids is 1. The van der Waals surface area contributed by atoms with Gasteiger partial charge in [0.25, 0.3) is 5.91 Å². The van der Waals surface area contributed by atoms with Gasteiger partial charge < -0.3 is 29.7 Å². The van der Waals surface area contributed by atoms with Crippen molar-refractivity contribution in [3.05, 3.63) is 41.0 Å². The number of aliphatic hydroxyl groups is 1. The van der Waals surface area contributed by atoms with Crippen LogP contribution in [0.15, 0.2) is 35.4 Å². The van der Waals surface area contributed by atoms with Crippen LogP contribution in [-0.2, 0) is 23.9 Å². The van der Waals surface area contributed by atoms with E-state index in [-0.39, 0.29) is 70.2 Å². The van der Waals surface area contributed by atoms with Crippen molar-refractivity contribution < 1.29 is 43.6 Å². The van der Waals surface area contributed by atoms with E-state index in [1.807, 2.05) is 13.8 Å². The Balaban J connectivity index is 1.10. The fraction of sp³-hybridized carbons (Fsp3) is 0.755. The SMILES string of the molecule is COCCOc1ccc(C(=O)NC[C@H](O)[C@@]23CC[C@]4(C)[C@H](CC[C@@H]5[C@@]6(C)CC[C@H](OC(=O)[C@H]7C[C@@H](C(=O)O)C7(C)C)C(C)(C)[C@@H]6CC[C@]54C)C2=C(C(C)C)C(=O)C3)cc1. The number of fused-ring (bicyclic) bond motifs is 7. The van der Waals surface area contributed by atoms with Crippen LogP contribution in [0.2, 0.25) is 0 Å². The predicted octanol–water partition coefficient (Wildman–Crippen LogP) is 8.44. The van der Waals surface area contributed by atoms with Gasteiger partial charge in [0.15, 0.2) is 5.78 Å². The number of allylic oxidation sites excluding steroid dienone is 1. The van der Waals surface area contributed by atoms with E-state index < -0.39 is 34.7 Å². The first kappa shape index (κ1) is 43.8. The van der Waals surface area contributed by atoms with Gasteiger partial charge in [-0.05, 0) is 133 Å². The minimum Gasteiger partial charge on any atom is -0.491 e. The second-order valence-corrected chi connectivity index (χ2v) is 21.7. The van der Waals surface area contributed by atoms with E-state index in [0.29, 0.717) is 49.2 Å². The van der Waals surface area contributed by atoms with E-state index in [1.165, 1.54) is 5.57 Å². The van der Waals surface area contributed by atoms with Gasteiger partial charge in [0, 0.05) is 36.5 Å². The van der Waals surface area contributed by atoms with Gasteiger partial charge in [0.1, 0.15) is 18.5 Å². The van der Waals surface area contributed by atoms with Gasteiger partial charge >= 0.3 is 11.9 Å². The number of carboxylic acid groups (broad SMARTS) is 1. The number of nitrogens with one attached hydrogen (secondary N) is 1. The van der Waals surface area contributed by atoms with Crippen molar-refractivity contribution in [2.75, 3.05) is 26.9 Å². The van der Waals surface area contributed by atoms with Gasteiger partial charge in [-0.2, -0.15) is 0 Å². The van der Waals surface area contributed by atoms with Crippen LogP contribution < -0.4 is 10.1 Å². The van der Waals surface area contributed by atoms with Crippen molar-refractivity contribution in [3.8, 4) is 5.75 Å². The third-order valence-electron chi connectivity index (χ3n) is 18.3. The third kappa shape index (κ3) is 6.71. The van der Waals surface area contributed by atoms with E-state index in [4.69, 9.17) is 14.2 Å². The first-order valence-electron chi connectivity index (χ1n) is 22.5. The van der Waals surface area contributed by atoms with E-state index in [9.17, 15) is 29.4 Å². The summed E-state index contributed by atoms with van der Waals surface area (Å²) in [7, 11) is 1.62. The van der Waals surface area contributed by atoms with Crippen molar-refractivity contribution in [1.29, 1.82) is 0 Å². The number of carbonyl (C=O) groups excluding carboxylic acids is 3. The number of methoxy groups -OCH3 is 1. The fourth-order valence-electron chi connectivity index (χ4n) is 14.7. The number of ketones is 1. The molecule has 1 aromatic carbocycles. The zero-order valence-electron chi connectivity index (χ0n) is 37.4. The van der Waals surface area contributed by atoms with Gasteiger partial charge in [0.05, 0.1) is 24.5 Å². The van der Waals surface area contributed by atoms with E-state index in [1.54, 1.807) is 31.4 Å². The molecule has 5 saturated carbocycles. The molecule has 0 aliphatic heterocycles. The Morgan fingerprint density at radius 2 is 1.53 bits per heavy atom. The number of rotatable bonds is 12. The number of esters is 1. The molecule has 0 spiro atoms. The molecule has 0 heterocycles. The number of hydrogen-bond acceptors (Lipinski definition) is 8. The molecule has 0 unspecified atom stereocenters. The maximum Gasteiger partial charge on any atom is 0.309 e. The number of benzene rings is 1. The predicted molar refractivity (Wildman–Crippen MR) is 224 cm³/mol. The quantitative estimate of drug-likeness (QED) is 0.140. The van der Waals surface area contributed by atoms with Gasteiger partial charge in [-0.1, -0.05) is 67.9 Å². The number of carboxylic acids is 1. The summed E-state index contributed by atoms with van der Waals surface area (Å²) in [6.07, 6.45) is 6.93. The normalized spacial score (nSPS) is 38.5. The molecule has 0 bridgehead atoms. The van der Waals surface area contributed by atoms with Crippen LogP contribution in [0.5, 0.6) is 5.75 Å². The average molecular weight is 818 g/mol. The zero-order chi connectivity index (χ0) is 43.1. The number of aliphatic hydroxyl groups excluding tert-OH is 1. The summed E-state index contributed by atoms with van der Waals surface area (Å²) in [6.45, 7) is 21.1. The number of carbonyl (C=O) groups is 4. The molecule has 5 fully saturated rings. The van der Waals surface area contributed by atoms with E-state index in [0.717, 1.165) is 50.5 Å². The molecule has 10 heteroatoms. The summed E-state index contributed by atoms with van der Waals surface area (Å²) in [6, 6.07) is 6.96. The standard InChI is InChI=1S/C49H71NO9/c1-28(2)39-34(51)26-49(37(52)27-50-41(53)29-11-13-30(14-12-29)58-24-23-57-10)22-21-47(8)31(40(39)49)15-16-36-46(7)19-18-38(45(5,6)35(46)17-20-48(36,47)9)59-43(56)33-25-32(42(54)55)44(33,3)4/h11-14,28,31-33,35-38,52H,15-27H2,1-10H3,(H,50,53)(H,54,55)/t31-,32+,33-,35+,36-,37+,38+,46+,47-,48-,49+/m1/s1. The van der Waals surface area contributed by atoms with E-state index >= 15 is 0 Å². The van der Waals surface area contributed by atoms with Crippen molar-refractivity contribution in [1.82, 2.24) is 5.32 Å². The van der Waals surface area contributed by atoms with Crippen LogP contribution in [-0.4, -0.2) is 72.9 Å². The lowest BCUT2D eigenvalue weighted by Crippen LogP contribution is -2.66. The molecular formula is C49H71NO9. The first-order chi connectivity index (χ1) is 27.6. The van der Waals surface area contributed by atoms with Gasteiger partial charge in [-0.3, -0.25) is 19.2 Å². The zero-order valence-corrected chi connectivity index (χ0v) is 37.4. The van der Waals surface area contributed by atoms with Crippen molar-refractivity contribution in [2.24, 2.45) is 68.0 Å². The number of amides is 1. The Labute approximate surface area is 352 Å². The minimum absolute atomic E-state index is 0.00590. The molecule has 10 nitrogen and oxygen atoms in total. The molecule has 3 N–H and O–H groups in total. The molecule has 326 valence electrons. The lowest BCUT2D eigenvalue weighted by atomic mass is 9.33. The summed E-state index contributed by atoms with van der Waals surface area (Å²) in [5, 5.41) is 24.9. The summed E-state index contributed by atoms with van der Waals surface area (Å²) in [5.41, 5.74) is 0.924. The molecule has 1 amide bonds. The lowest BCUT2D eigenvalue weighted by Gasteiger charge is -2.72. The molecule has 59 heavy (non-hydrogen) atoms. The smallest absolute Gasteiger partial charge is 0.309 e.